The van der Waals surface area contributed by atoms with Gasteiger partial charge in [0, 0.05) is 18.6 Å². The third kappa shape index (κ3) is 4.80. The fraction of sp³-hybridized carbons (Fsp3) is 0.625. The van der Waals surface area contributed by atoms with E-state index in [-0.39, 0.29) is 17.8 Å². The lowest BCUT2D eigenvalue weighted by Gasteiger charge is -2.35. The summed E-state index contributed by atoms with van der Waals surface area (Å²) in [6.45, 7) is 2.38. The van der Waals surface area contributed by atoms with Crippen molar-refractivity contribution in [1.82, 2.24) is 4.72 Å². The summed E-state index contributed by atoms with van der Waals surface area (Å²) in [5, 5.41) is 9.62. The average Bonchev–Trinajstić information content (AvgIpc) is 2.49. The summed E-state index contributed by atoms with van der Waals surface area (Å²) < 4.78 is 27.1. The van der Waals surface area contributed by atoms with Crippen LogP contribution in [0.5, 0.6) is 0 Å². The number of sulfonamides is 1. The lowest BCUT2D eigenvalue weighted by molar-refractivity contribution is 0.0867. The third-order valence-corrected chi connectivity index (χ3v) is 5.69. The second-order valence-electron chi connectivity index (χ2n) is 6.28. The van der Waals surface area contributed by atoms with Gasteiger partial charge < -0.3 is 5.11 Å². The maximum absolute atomic E-state index is 12.2. The Morgan fingerprint density at radius 1 is 1.14 bits per heavy atom. The Kier molecular flexibility index (Phi) is 5.41. The smallest absolute Gasteiger partial charge is 0.215 e. The number of aliphatic hydroxyl groups excluding tert-OH is 1. The first kappa shape index (κ1) is 16.5. The van der Waals surface area contributed by atoms with Crippen LogP contribution in [-0.2, 0) is 15.8 Å². The highest BCUT2D eigenvalue weighted by atomic mass is 32.2. The molecule has 0 atom stereocenters. The van der Waals surface area contributed by atoms with Crippen molar-refractivity contribution in [2.75, 3.05) is 13.2 Å². The van der Waals surface area contributed by atoms with Gasteiger partial charge in [-0.15, -0.1) is 0 Å². The molecule has 0 bridgehead atoms. The zero-order valence-electron chi connectivity index (χ0n) is 12.6. The molecule has 0 radical (unpaired) electrons. The van der Waals surface area contributed by atoms with Gasteiger partial charge in [-0.2, -0.15) is 0 Å². The first-order chi connectivity index (χ1) is 9.95. The third-order valence-electron chi connectivity index (χ3n) is 4.39. The number of aliphatic hydroxyl groups is 1. The van der Waals surface area contributed by atoms with Crippen LogP contribution in [0.15, 0.2) is 24.3 Å². The molecule has 0 unspecified atom stereocenters. The minimum atomic E-state index is -3.36. The molecule has 0 aliphatic heterocycles. The zero-order chi connectivity index (χ0) is 15.3. The van der Waals surface area contributed by atoms with E-state index in [9.17, 15) is 13.5 Å². The first-order valence-electron chi connectivity index (χ1n) is 7.59. The molecule has 118 valence electrons. The van der Waals surface area contributed by atoms with Crippen molar-refractivity contribution in [3.05, 3.63) is 35.4 Å². The van der Waals surface area contributed by atoms with Gasteiger partial charge in [0.15, 0.2) is 0 Å². The van der Waals surface area contributed by atoms with E-state index in [1.165, 1.54) is 6.42 Å². The van der Waals surface area contributed by atoms with Gasteiger partial charge in [-0.25, -0.2) is 13.1 Å². The van der Waals surface area contributed by atoms with Crippen LogP contribution in [0.1, 0.15) is 43.2 Å². The van der Waals surface area contributed by atoms with Crippen molar-refractivity contribution in [3.8, 4) is 0 Å². The largest absolute Gasteiger partial charge is 0.396 e. The maximum atomic E-state index is 12.2. The molecule has 0 spiro atoms. The van der Waals surface area contributed by atoms with Gasteiger partial charge in [0.2, 0.25) is 10.0 Å². The maximum Gasteiger partial charge on any atom is 0.215 e. The SMILES string of the molecule is Cc1ccc(CS(=O)(=O)NCC2(CO)CCCCC2)cc1. The molecule has 0 saturated heterocycles. The molecular weight excluding hydrogens is 286 g/mol. The molecular formula is C16H25NO3S. The van der Waals surface area contributed by atoms with Crippen molar-refractivity contribution < 1.29 is 13.5 Å². The molecule has 0 heterocycles. The standard InChI is InChI=1S/C16H25NO3S/c1-14-5-7-15(8-6-14)11-21(19,20)17-12-16(13-18)9-3-2-4-10-16/h5-8,17-18H,2-4,9-13H2,1H3. The Morgan fingerprint density at radius 2 is 1.76 bits per heavy atom. The molecule has 4 nitrogen and oxygen atoms in total. The second kappa shape index (κ2) is 6.90. The Labute approximate surface area is 127 Å². The van der Waals surface area contributed by atoms with Crippen LogP contribution in [0, 0.1) is 12.3 Å². The van der Waals surface area contributed by atoms with Gasteiger partial charge in [0.1, 0.15) is 0 Å². The zero-order valence-corrected chi connectivity index (χ0v) is 13.5. The average molecular weight is 311 g/mol. The van der Waals surface area contributed by atoms with Crippen LogP contribution in [0.25, 0.3) is 0 Å². The van der Waals surface area contributed by atoms with Crippen molar-refractivity contribution in [3.63, 3.8) is 0 Å². The number of hydrogen-bond donors (Lipinski definition) is 2. The quantitative estimate of drug-likeness (QED) is 0.847. The van der Waals surface area contributed by atoms with Crippen molar-refractivity contribution in [2.45, 2.75) is 44.8 Å². The number of benzene rings is 1. The van der Waals surface area contributed by atoms with E-state index in [4.69, 9.17) is 0 Å². The van der Waals surface area contributed by atoms with Crippen LogP contribution in [0.3, 0.4) is 0 Å². The lowest BCUT2D eigenvalue weighted by Crippen LogP contribution is -2.41. The Hall–Kier alpha value is -0.910. The molecule has 1 aliphatic carbocycles. The molecule has 5 heteroatoms. The summed E-state index contributed by atoms with van der Waals surface area (Å²) in [4.78, 5) is 0. The Balaban J connectivity index is 1.95. The first-order valence-corrected chi connectivity index (χ1v) is 9.24. The van der Waals surface area contributed by atoms with Gasteiger partial charge in [-0.3, -0.25) is 0 Å². The van der Waals surface area contributed by atoms with Gasteiger partial charge in [0.25, 0.3) is 0 Å². The van der Waals surface area contributed by atoms with Gasteiger partial charge in [-0.1, -0.05) is 49.1 Å². The minimum absolute atomic E-state index is 0.00517. The highest BCUT2D eigenvalue weighted by Crippen LogP contribution is 2.35. The molecule has 0 amide bonds. The number of hydrogen-bond acceptors (Lipinski definition) is 3. The number of rotatable bonds is 6. The number of nitrogens with one attached hydrogen (secondary N) is 1. The number of aryl methyl sites for hydroxylation is 1. The van der Waals surface area contributed by atoms with Crippen LogP contribution in [0.2, 0.25) is 0 Å². The van der Waals surface area contributed by atoms with Gasteiger partial charge in [-0.05, 0) is 25.3 Å². The second-order valence-corrected chi connectivity index (χ2v) is 8.09. The Morgan fingerprint density at radius 3 is 2.33 bits per heavy atom. The van der Waals surface area contributed by atoms with Crippen molar-refractivity contribution >= 4 is 10.0 Å². The van der Waals surface area contributed by atoms with E-state index in [0.717, 1.165) is 36.8 Å². The molecule has 1 fully saturated rings. The minimum Gasteiger partial charge on any atom is -0.396 e. The van der Waals surface area contributed by atoms with Crippen LogP contribution >= 0.6 is 0 Å². The topological polar surface area (TPSA) is 66.4 Å². The molecule has 1 aromatic carbocycles. The molecule has 21 heavy (non-hydrogen) atoms. The van der Waals surface area contributed by atoms with E-state index >= 15 is 0 Å². The van der Waals surface area contributed by atoms with Crippen LogP contribution < -0.4 is 4.72 Å². The predicted octanol–water partition coefficient (Wildman–Crippen LogP) is 2.36. The summed E-state index contributed by atoms with van der Waals surface area (Å²) in [6, 6.07) is 7.52. The summed E-state index contributed by atoms with van der Waals surface area (Å²) in [7, 11) is -3.36. The molecule has 2 N–H and O–H groups in total. The molecule has 2 rings (SSSR count). The van der Waals surface area contributed by atoms with Crippen LogP contribution in [0.4, 0.5) is 0 Å². The fourth-order valence-corrected chi connectivity index (χ4v) is 4.17. The summed E-state index contributed by atoms with van der Waals surface area (Å²) in [5.41, 5.74) is 1.64. The molecule has 1 aliphatic rings. The van der Waals surface area contributed by atoms with E-state index in [0.29, 0.717) is 6.54 Å². The van der Waals surface area contributed by atoms with E-state index in [2.05, 4.69) is 4.72 Å². The van der Waals surface area contributed by atoms with Crippen LogP contribution in [-0.4, -0.2) is 26.7 Å². The van der Waals surface area contributed by atoms with Crippen molar-refractivity contribution in [1.29, 1.82) is 0 Å². The van der Waals surface area contributed by atoms with E-state index < -0.39 is 10.0 Å². The summed E-state index contributed by atoms with van der Waals surface area (Å²) >= 11 is 0. The highest BCUT2D eigenvalue weighted by molar-refractivity contribution is 7.88. The Bertz CT molecular complexity index is 545. The van der Waals surface area contributed by atoms with E-state index in [1.807, 2.05) is 31.2 Å². The summed E-state index contributed by atoms with van der Waals surface area (Å²) in [5.74, 6) is -0.00517. The normalized spacial score (nSPS) is 18.6. The fourth-order valence-electron chi connectivity index (χ4n) is 2.91. The molecule has 1 saturated carbocycles. The molecule has 1 aromatic rings. The molecule has 0 aromatic heterocycles. The van der Waals surface area contributed by atoms with Gasteiger partial charge >= 0.3 is 0 Å². The van der Waals surface area contributed by atoms with E-state index in [1.54, 1.807) is 0 Å². The van der Waals surface area contributed by atoms with Crippen molar-refractivity contribution in [2.24, 2.45) is 5.41 Å². The van der Waals surface area contributed by atoms with Gasteiger partial charge in [0.05, 0.1) is 5.75 Å². The lowest BCUT2D eigenvalue weighted by atomic mass is 9.75. The predicted molar refractivity (Wildman–Crippen MR) is 84.4 cm³/mol. The highest BCUT2D eigenvalue weighted by Gasteiger charge is 2.32. The summed E-state index contributed by atoms with van der Waals surface area (Å²) in [6.07, 6.45) is 5.12. The monoisotopic (exact) mass is 311 g/mol.